The maximum atomic E-state index is 10.8. The second kappa shape index (κ2) is 5.58. The van der Waals surface area contributed by atoms with Crippen molar-refractivity contribution in [2.45, 2.75) is 37.8 Å². The predicted molar refractivity (Wildman–Crippen MR) is 79.5 cm³/mol. The number of nitrogens with one attached hydrogen (secondary N) is 1. The summed E-state index contributed by atoms with van der Waals surface area (Å²) in [4.78, 5) is 12.7. The molecular weight excluding hydrogens is 278 g/mol. The number of hydrogen-bond acceptors (Lipinski definition) is 4. The molecule has 2 atom stereocenters. The van der Waals surface area contributed by atoms with Gasteiger partial charge in [0.1, 0.15) is 0 Å². The van der Waals surface area contributed by atoms with Gasteiger partial charge in [0, 0.05) is 30.8 Å². The van der Waals surface area contributed by atoms with Gasteiger partial charge in [-0.1, -0.05) is 11.6 Å². The van der Waals surface area contributed by atoms with Crippen molar-refractivity contribution in [2.75, 3.05) is 18.0 Å². The van der Waals surface area contributed by atoms with Crippen molar-refractivity contribution in [2.24, 2.45) is 0 Å². The lowest BCUT2D eigenvalue weighted by molar-refractivity contribution is -0.384. The van der Waals surface area contributed by atoms with E-state index in [0.29, 0.717) is 17.1 Å². The molecule has 2 saturated heterocycles. The van der Waals surface area contributed by atoms with Gasteiger partial charge in [-0.25, -0.2) is 0 Å². The van der Waals surface area contributed by atoms with Crippen LogP contribution in [0.15, 0.2) is 18.2 Å². The van der Waals surface area contributed by atoms with Gasteiger partial charge in [-0.3, -0.25) is 10.1 Å². The number of rotatable bonds is 3. The number of halogens is 1. The van der Waals surface area contributed by atoms with Gasteiger partial charge in [-0.05, 0) is 38.3 Å². The molecule has 2 aliphatic heterocycles. The fourth-order valence-corrected chi connectivity index (χ4v) is 3.68. The van der Waals surface area contributed by atoms with Crippen molar-refractivity contribution in [3.8, 4) is 0 Å². The number of hydrogen-bond donors (Lipinski definition) is 1. The molecule has 0 aliphatic carbocycles. The van der Waals surface area contributed by atoms with Crippen LogP contribution in [0, 0.1) is 10.1 Å². The maximum Gasteiger partial charge on any atom is 0.271 e. The minimum absolute atomic E-state index is 0.0495. The fourth-order valence-electron chi connectivity index (χ4n) is 3.39. The van der Waals surface area contributed by atoms with Gasteiger partial charge in [-0.15, -0.1) is 0 Å². The molecular formula is C14H18ClN3O2. The van der Waals surface area contributed by atoms with E-state index in [1.165, 1.54) is 18.9 Å². The topological polar surface area (TPSA) is 58.4 Å². The molecule has 3 rings (SSSR count). The van der Waals surface area contributed by atoms with Crippen LogP contribution >= 0.6 is 11.6 Å². The SMILES string of the molecule is O=[N+]([O-])c1ccc(N2CCCC2C2CCCN2)c(Cl)c1. The minimum Gasteiger partial charge on any atom is -0.366 e. The number of nitrogens with zero attached hydrogens (tertiary/aromatic N) is 2. The summed E-state index contributed by atoms with van der Waals surface area (Å²) in [6.07, 6.45) is 4.73. The zero-order valence-electron chi connectivity index (χ0n) is 11.2. The Morgan fingerprint density at radius 2 is 2.20 bits per heavy atom. The lowest BCUT2D eigenvalue weighted by atomic mass is 10.0. The molecule has 0 amide bonds. The van der Waals surface area contributed by atoms with Gasteiger partial charge >= 0.3 is 0 Å². The molecule has 0 aromatic heterocycles. The van der Waals surface area contributed by atoms with E-state index in [-0.39, 0.29) is 5.69 Å². The average molecular weight is 296 g/mol. The van der Waals surface area contributed by atoms with E-state index in [2.05, 4.69) is 10.2 Å². The predicted octanol–water partition coefficient (Wildman–Crippen LogP) is 2.97. The third-order valence-corrected chi connectivity index (χ3v) is 4.62. The van der Waals surface area contributed by atoms with Crippen molar-refractivity contribution < 1.29 is 4.92 Å². The summed E-state index contributed by atoms with van der Waals surface area (Å²) in [6, 6.07) is 5.75. The third kappa shape index (κ3) is 2.47. The minimum atomic E-state index is -0.407. The first kappa shape index (κ1) is 13.6. The second-order valence-corrected chi connectivity index (χ2v) is 5.91. The molecule has 0 spiro atoms. The van der Waals surface area contributed by atoms with Crippen LogP contribution in [0.5, 0.6) is 0 Å². The zero-order chi connectivity index (χ0) is 14.1. The van der Waals surface area contributed by atoms with Crippen LogP contribution in [-0.4, -0.2) is 30.1 Å². The normalized spacial score (nSPS) is 26.1. The Morgan fingerprint density at radius 3 is 2.85 bits per heavy atom. The van der Waals surface area contributed by atoms with E-state index in [1.807, 2.05) is 0 Å². The number of benzene rings is 1. The summed E-state index contributed by atoms with van der Waals surface area (Å²) in [7, 11) is 0. The molecule has 2 fully saturated rings. The lowest BCUT2D eigenvalue weighted by Gasteiger charge is -2.32. The van der Waals surface area contributed by atoms with Gasteiger partial charge in [0.05, 0.1) is 15.6 Å². The van der Waals surface area contributed by atoms with Crippen molar-refractivity contribution >= 4 is 23.0 Å². The van der Waals surface area contributed by atoms with Crippen LogP contribution in [0.2, 0.25) is 5.02 Å². The van der Waals surface area contributed by atoms with E-state index in [9.17, 15) is 10.1 Å². The van der Waals surface area contributed by atoms with E-state index in [1.54, 1.807) is 12.1 Å². The molecule has 1 aromatic rings. The number of non-ortho nitro benzene ring substituents is 1. The van der Waals surface area contributed by atoms with Gasteiger partial charge < -0.3 is 10.2 Å². The third-order valence-electron chi connectivity index (χ3n) is 4.31. The van der Waals surface area contributed by atoms with E-state index < -0.39 is 4.92 Å². The number of nitro groups is 1. The summed E-state index contributed by atoms with van der Waals surface area (Å²) < 4.78 is 0. The van der Waals surface area contributed by atoms with Crippen molar-refractivity contribution in [1.29, 1.82) is 0 Å². The van der Waals surface area contributed by atoms with Crippen LogP contribution in [-0.2, 0) is 0 Å². The highest BCUT2D eigenvalue weighted by molar-refractivity contribution is 6.33. The molecule has 1 aromatic carbocycles. The van der Waals surface area contributed by atoms with Gasteiger partial charge in [0.25, 0.3) is 5.69 Å². The van der Waals surface area contributed by atoms with E-state index >= 15 is 0 Å². The summed E-state index contributed by atoms with van der Waals surface area (Å²) in [6.45, 7) is 2.06. The van der Waals surface area contributed by atoms with Crippen LogP contribution < -0.4 is 10.2 Å². The molecule has 6 heteroatoms. The Hall–Kier alpha value is -1.33. The molecule has 2 unspecified atom stereocenters. The summed E-state index contributed by atoms with van der Waals surface area (Å²) in [5.74, 6) is 0. The first-order chi connectivity index (χ1) is 9.66. The van der Waals surface area contributed by atoms with E-state index in [0.717, 1.165) is 31.6 Å². The number of nitro benzene ring substituents is 1. The molecule has 108 valence electrons. The smallest absolute Gasteiger partial charge is 0.271 e. The van der Waals surface area contributed by atoms with Gasteiger partial charge in [0.15, 0.2) is 0 Å². The lowest BCUT2D eigenvalue weighted by Crippen LogP contribution is -2.44. The standard InChI is InChI=1S/C14H18ClN3O2/c15-11-9-10(18(19)20)5-6-13(11)17-8-2-4-14(17)12-3-1-7-16-12/h5-6,9,12,14,16H,1-4,7-8H2. The van der Waals surface area contributed by atoms with Crippen molar-refractivity contribution in [3.05, 3.63) is 33.3 Å². The molecule has 5 nitrogen and oxygen atoms in total. The van der Waals surface area contributed by atoms with Crippen molar-refractivity contribution in [1.82, 2.24) is 5.32 Å². The molecule has 2 heterocycles. The van der Waals surface area contributed by atoms with E-state index in [4.69, 9.17) is 11.6 Å². The zero-order valence-corrected chi connectivity index (χ0v) is 12.0. The highest BCUT2D eigenvalue weighted by Crippen LogP contribution is 2.36. The molecule has 2 aliphatic rings. The molecule has 20 heavy (non-hydrogen) atoms. The quantitative estimate of drug-likeness (QED) is 0.688. The highest BCUT2D eigenvalue weighted by Gasteiger charge is 2.34. The van der Waals surface area contributed by atoms with Crippen LogP contribution in [0.4, 0.5) is 11.4 Å². The Labute approximate surface area is 123 Å². The Bertz CT molecular complexity index is 517. The van der Waals surface area contributed by atoms with Crippen LogP contribution in [0.25, 0.3) is 0 Å². The fraction of sp³-hybridized carbons (Fsp3) is 0.571. The summed E-state index contributed by atoms with van der Waals surface area (Å²) in [5, 5.41) is 14.8. The molecule has 0 radical (unpaired) electrons. The maximum absolute atomic E-state index is 10.8. The molecule has 1 N–H and O–H groups in total. The highest BCUT2D eigenvalue weighted by atomic mass is 35.5. The molecule has 0 saturated carbocycles. The second-order valence-electron chi connectivity index (χ2n) is 5.50. The van der Waals surface area contributed by atoms with Crippen LogP contribution in [0.1, 0.15) is 25.7 Å². The first-order valence-electron chi connectivity index (χ1n) is 7.11. The van der Waals surface area contributed by atoms with Crippen LogP contribution in [0.3, 0.4) is 0 Å². The Balaban J connectivity index is 1.85. The van der Waals surface area contributed by atoms with Gasteiger partial charge in [-0.2, -0.15) is 0 Å². The summed E-state index contributed by atoms with van der Waals surface area (Å²) >= 11 is 6.26. The largest absolute Gasteiger partial charge is 0.366 e. The van der Waals surface area contributed by atoms with Crippen molar-refractivity contribution in [3.63, 3.8) is 0 Å². The average Bonchev–Trinajstić information content (AvgIpc) is 3.09. The van der Waals surface area contributed by atoms with Gasteiger partial charge in [0.2, 0.25) is 0 Å². The first-order valence-corrected chi connectivity index (χ1v) is 7.48. The monoisotopic (exact) mass is 295 g/mol. The summed E-state index contributed by atoms with van der Waals surface area (Å²) in [5.41, 5.74) is 0.974. The Kier molecular flexibility index (Phi) is 3.81. The Morgan fingerprint density at radius 1 is 1.35 bits per heavy atom. The molecule has 0 bridgehead atoms. The number of anilines is 1.